The molecule has 1 aromatic rings. The van der Waals surface area contributed by atoms with Crippen LogP contribution in [0.3, 0.4) is 0 Å². The van der Waals surface area contributed by atoms with Gasteiger partial charge >= 0.3 is 12.0 Å². The van der Waals surface area contributed by atoms with Gasteiger partial charge in [-0.25, -0.2) is 4.79 Å². The first kappa shape index (κ1) is 16.8. The number of carbonyl (C=O) groups is 2. The Kier molecular flexibility index (Phi) is 6.46. The average molecular weight is 290 g/mol. The number of nitrogens with zero attached hydrogens (tertiary/aromatic N) is 1. The molecule has 2 amide bonds. The molecule has 0 saturated heterocycles. The number of benzene rings is 1. The van der Waals surface area contributed by atoms with Crippen molar-refractivity contribution in [2.45, 2.75) is 26.7 Å². The first-order chi connectivity index (χ1) is 9.92. The molecule has 0 aliphatic heterocycles. The summed E-state index contributed by atoms with van der Waals surface area (Å²) >= 11 is 0. The number of aryl methyl sites for hydroxylation is 1. The van der Waals surface area contributed by atoms with Crippen LogP contribution in [0.4, 0.5) is 10.5 Å². The molecule has 2 N–H and O–H groups in total. The van der Waals surface area contributed by atoms with E-state index in [0.717, 1.165) is 11.1 Å². The van der Waals surface area contributed by atoms with E-state index in [0.29, 0.717) is 25.2 Å². The fourth-order valence-corrected chi connectivity index (χ4v) is 1.91. The molecule has 0 atom stereocenters. The normalized spacial score (nSPS) is 10.0. The third-order valence-corrected chi connectivity index (χ3v) is 2.94. The van der Waals surface area contributed by atoms with Gasteiger partial charge in [0.05, 0.1) is 0 Å². The molecule has 5 nitrogen and oxygen atoms in total. The van der Waals surface area contributed by atoms with Gasteiger partial charge in [-0.2, -0.15) is 0 Å². The zero-order valence-corrected chi connectivity index (χ0v) is 12.6. The number of urea groups is 1. The van der Waals surface area contributed by atoms with Crippen molar-refractivity contribution in [1.82, 2.24) is 4.90 Å². The molecule has 0 bridgehead atoms. The standard InChI is InChI=1S/C16H22N2O3/c1-4-18(11-12(2)3)16(21)17-14-7-5-6-13(10-14)8-9-15(19)20/h5-7,10H,2,4,8-9,11H2,1,3H3,(H,17,21)(H,19,20). The summed E-state index contributed by atoms with van der Waals surface area (Å²) < 4.78 is 0. The van der Waals surface area contributed by atoms with Crippen LogP contribution < -0.4 is 5.32 Å². The van der Waals surface area contributed by atoms with Gasteiger partial charge < -0.3 is 15.3 Å². The SMILES string of the molecule is C=C(C)CN(CC)C(=O)Nc1cccc(CCC(=O)O)c1. The van der Waals surface area contributed by atoms with Crippen molar-refractivity contribution in [3.8, 4) is 0 Å². The maximum atomic E-state index is 12.1. The number of likely N-dealkylation sites (N-methyl/N-ethyl adjacent to an activating group) is 1. The van der Waals surface area contributed by atoms with Crippen LogP contribution in [0.25, 0.3) is 0 Å². The zero-order chi connectivity index (χ0) is 15.8. The minimum atomic E-state index is -0.831. The number of hydrogen-bond acceptors (Lipinski definition) is 2. The lowest BCUT2D eigenvalue weighted by molar-refractivity contribution is -0.136. The van der Waals surface area contributed by atoms with Gasteiger partial charge in [-0.05, 0) is 38.0 Å². The molecule has 0 fully saturated rings. The number of aliphatic carboxylic acids is 1. The third-order valence-electron chi connectivity index (χ3n) is 2.94. The Morgan fingerprint density at radius 2 is 2.10 bits per heavy atom. The number of carboxylic acid groups (broad SMARTS) is 1. The highest BCUT2D eigenvalue weighted by Gasteiger charge is 2.11. The molecule has 0 spiro atoms. The molecule has 1 rings (SSSR count). The maximum Gasteiger partial charge on any atom is 0.322 e. The van der Waals surface area contributed by atoms with Crippen molar-refractivity contribution in [2.75, 3.05) is 18.4 Å². The fraction of sp³-hybridized carbons (Fsp3) is 0.375. The number of nitrogens with one attached hydrogen (secondary N) is 1. The molecule has 0 heterocycles. The van der Waals surface area contributed by atoms with Gasteiger partial charge in [-0.3, -0.25) is 4.79 Å². The largest absolute Gasteiger partial charge is 0.481 e. The van der Waals surface area contributed by atoms with Crippen LogP contribution in [0.2, 0.25) is 0 Å². The Morgan fingerprint density at radius 3 is 2.67 bits per heavy atom. The molecule has 0 saturated carbocycles. The quantitative estimate of drug-likeness (QED) is 0.758. The molecular formula is C16H22N2O3. The number of carbonyl (C=O) groups excluding carboxylic acids is 1. The highest BCUT2D eigenvalue weighted by Crippen LogP contribution is 2.13. The topological polar surface area (TPSA) is 69.6 Å². The summed E-state index contributed by atoms with van der Waals surface area (Å²) in [5, 5.41) is 11.5. The van der Waals surface area contributed by atoms with E-state index in [1.54, 1.807) is 17.0 Å². The Hall–Kier alpha value is -2.30. The van der Waals surface area contributed by atoms with Crippen molar-refractivity contribution >= 4 is 17.7 Å². The van der Waals surface area contributed by atoms with Gasteiger partial charge in [0, 0.05) is 25.2 Å². The zero-order valence-electron chi connectivity index (χ0n) is 12.6. The van der Waals surface area contributed by atoms with Crippen LogP contribution in [0, 0.1) is 0 Å². The summed E-state index contributed by atoms with van der Waals surface area (Å²) in [4.78, 5) is 24.4. The summed E-state index contributed by atoms with van der Waals surface area (Å²) in [5.41, 5.74) is 2.48. The lowest BCUT2D eigenvalue weighted by Gasteiger charge is -2.21. The molecular weight excluding hydrogens is 268 g/mol. The highest BCUT2D eigenvalue weighted by atomic mass is 16.4. The maximum absolute atomic E-state index is 12.1. The van der Waals surface area contributed by atoms with E-state index >= 15 is 0 Å². The lowest BCUT2D eigenvalue weighted by Crippen LogP contribution is -2.35. The number of anilines is 1. The summed E-state index contributed by atoms with van der Waals surface area (Å²) in [6.07, 6.45) is 0.524. The number of carboxylic acids is 1. The number of rotatable bonds is 7. The molecule has 0 unspecified atom stereocenters. The molecule has 1 aromatic carbocycles. The summed E-state index contributed by atoms with van der Waals surface area (Å²) in [6, 6.07) is 7.06. The second-order valence-corrected chi connectivity index (χ2v) is 5.00. The third kappa shape index (κ3) is 6.12. The van der Waals surface area contributed by atoms with Crippen molar-refractivity contribution in [3.63, 3.8) is 0 Å². The molecule has 21 heavy (non-hydrogen) atoms. The number of hydrogen-bond donors (Lipinski definition) is 2. The second kappa shape index (κ2) is 8.09. The van der Waals surface area contributed by atoms with E-state index in [1.165, 1.54) is 0 Å². The van der Waals surface area contributed by atoms with Crippen LogP contribution in [0.1, 0.15) is 25.8 Å². The Morgan fingerprint density at radius 1 is 1.38 bits per heavy atom. The van der Waals surface area contributed by atoms with Crippen molar-refractivity contribution < 1.29 is 14.7 Å². The van der Waals surface area contributed by atoms with E-state index in [9.17, 15) is 9.59 Å². The van der Waals surface area contributed by atoms with Crippen LogP contribution in [-0.2, 0) is 11.2 Å². The molecule has 0 aliphatic carbocycles. The highest BCUT2D eigenvalue weighted by molar-refractivity contribution is 5.89. The van der Waals surface area contributed by atoms with E-state index < -0.39 is 5.97 Å². The van der Waals surface area contributed by atoms with Gasteiger partial charge in [-0.1, -0.05) is 24.3 Å². The number of amides is 2. The molecule has 0 radical (unpaired) electrons. The van der Waals surface area contributed by atoms with E-state index in [1.807, 2.05) is 26.0 Å². The Balaban J connectivity index is 2.68. The molecule has 0 aromatic heterocycles. The minimum Gasteiger partial charge on any atom is -0.481 e. The first-order valence-electron chi connectivity index (χ1n) is 6.93. The van der Waals surface area contributed by atoms with Gasteiger partial charge in [-0.15, -0.1) is 0 Å². The summed E-state index contributed by atoms with van der Waals surface area (Å²) in [5.74, 6) is -0.831. The van der Waals surface area contributed by atoms with Crippen LogP contribution in [-0.4, -0.2) is 35.1 Å². The molecule has 5 heteroatoms. The van der Waals surface area contributed by atoms with Crippen LogP contribution in [0.15, 0.2) is 36.4 Å². The van der Waals surface area contributed by atoms with Gasteiger partial charge in [0.2, 0.25) is 0 Å². The van der Waals surface area contributed by atoms with Crippen molar-refractivity contribution in [3.05, 3.63) is 42.0 Å². The minimum absolute atomic E-state index is 0.0775. The van der Waals surface area contributed by atoms with Gasteiger partial charge in [0.1, 0.15) is 0 Å². The van der Waals surface area contributed by atoms with E-state index in [2.05, 4.69) is 11.9 Å². The summed E-state index contributed by atoms with van der Waals surface area (Å²) in [7, 11) is 0. The first-order valence-corrected chi connectivity index (χ1v) is 6.93. The van der Waals surface area contributed by atoms with Crippen molar-refractivity contribution in [2.24, 2.45) is 0 Å². The fourth-order valence-electron chi connectivity index (χ4n) is 1.91. The van der Waals surface area contributed by atoms with E-state index in [-0.39, 0.29) is 12.5 Å². The molecule has 0 aliphatic rings. The predicted octanol–water partition coefficient (Wildman–Crippen LogP) is 3.13. The Labute approximate surface area is 125 Å². The second-order valence-electron chi connectivity index (χ2n) is 5.00. The monoisotopic (exact) mass is 290 g/mol. The predicted molar refractivity (Wildman–Crippen MR) is 83.5 cm³/mol. The van der Waals surface area contributed by atoms with E-state index in [4.69, 9.17) is 5.11 Å². The lowest BCUT2D eigenvalue weighted by atomic mass is 10.1. The molecule has 114 valence electrons. The van der Waals surface area contributed by atoms with Crippen LogP contribution >= 0.6 is 0 Å². The van der Waals surface area contributed by atoms with Crippen LogP contribution in [0.5, 0.6) is 0 Å². The Bertz CT molecular complexity index is 526. The van der Waals surface area contributed by atoms with Gasteiger partial charge in [0.15, 0.2) is 0 Å². The van der Waals surface area contributed by atoms with Crippen molar-refractivity contribution in [1.29, 1.82) is 0 Å². The van der Waals surface area contributed by atoms with Gasteiger partial charge in [0.25, 0.3) is 0 Å². The summed E-state index contributed by atoms with van der Waals surface area (Å²) in [6.45, 7) is 8.71. The smallest absolute Gasteiger partial charge is 0.322 e. The average Bonchev–Trinajstić information content (AvgIpc) is 2.42.